The van der Waals surface area contributed by atoms with Crippen molar-refractivity contribution in [2.45, 2.75) is 6.18 Å². The molecule has 0 fully saturated rings. The average Bonchev–Trinajstić information content (AvgIpc) is 3.19. The van der Waals surface area contributed by atoms with Gasteiger partial charge >= 0.3 is 6.18 Å². The Hall–Kier alpha value is -3.49. The number of benzene rings is 3. The second-order valence-corrected chi connectivity index (χ2v) is 7.10. The van der Waals surface area contributed by atoms with Crippen LogP contribution in [0.25, 0.3) is 28.1 Å². The predicted molar refractivity (Wildman–Crippen MR) is 111 cm³/mol. The molecule has 3 aromatic carbocycles. The van der Waals surface area contributed by atoms with E-state index in [0.717, 1.165) is 17.2 Å². The lowest BCUT2D eigenvalue weighted by Crippen LogP contribution is -2.11. The van der Waals surface area contributed by atoms with Gasteiger partial charge in [-0.2, -0.15) is 18.4 Å². The van der Waals surface area contributed by atoms with Gasteiger partial charge in [0.25, 0.3) is 0 Å². The number of rotatable bonds is 3. The molecule has 0 aliphatic carbocycles. The van der Waals surface area contributed by atoms with Crippen molar-refractivity contribution in [3.05, 3.63) is 101 Å². The fourth-order valence-corrected chi connectivity index (χ4v) is 3.58. The smallest absolute Gasteiger partial charge is 0.315 e. The summed E-state index contributed by atoms with van der Waals surface area (Å²) >= 11 is 6.00. The zero-order valence-electron chi connectivity index (χ0n) is 15.5. The zero-order chi connectivity index (χ0) is 21.3. The van der Waals surface area contributed by atoms with Crippen LogP contribution in [-0.4, -0.2) is 4.57 Å². The van der Waals surface area contributed by atoms with Gasteiger partial charge in [0, 0.05) is 22.3 Å². The molecule has 1 heterocycles. The largest absolute Gasteiger partial charge is 0.418 e. The maximum absolute atomic E-state index is 13.7. The number of nitriles is 1. The lowest BCUT2D eigenvalue weighted by atomic mass is 10.00. The molecule has 4 aromatic rings. The van der Waals surface area contributed by atoms with Gasteiger partial charge in [0.1, 0.15) is 0 Å². The molecule has 2 nitrogen and oxygen atoms in total. The SMILES string of the molecule is N#Cc1cccc(-c2c(-c3ccc(Cl)cc3)ccn2-c2ccccc2C(F)(F)F)c1. The number of nitrogens with zero attached hydrogens (tertiary/aromatic N) is 2. The summed E-state index contributed by atoms with van der Waals surface area (Å²) in [5.41, 5.74) is 2.45. The highest BCUT2D eigenvalue weighted by atomic mass is 35.5. The molecule has 0 spiro atoms. The van der Waals surface area contributed by atoms with Crippen molar-refractivity contribution in [1.29, 1.82) is 5.26 Å². The monoisotopic (exact) mass is 422 g/mol. The van der Waals surface area contributed by atoms with E-state index in [1.165, 1.54) is 16.7 Å². The van der Waals surface area contributed by atoms with Crippen LogP contribution in [0.15, 0.2) is 85.1 Å². The average molecular weight is 423 g/mol. The van der Waals surface area contributed by atoms with E-state index in [9.17, 15) is 18.4 Å². The van der Waals surface area contributed by atoms with Crippen molar-refractivity contribution in [3.8, 4) is 34.1 Å². The summed E-state index contributed by atoms with van der Waals surface area (Å²) in [6.45, 7) is 0. The maximum Gasteiger partial charge on any atom is 0.418 e. The van der Waals surface area contributed by atoms with Crippen LogP contribution in [0.1, 0.15) is 11.1 Å². The number of hydrogen-bond donors (Lipinski definition) is 0. The Bertz CT molecular complexity index is 1250. The molecule has 0 N–H and O–H groups in total. The lowest BCUT2D eigenvalue weighted by molar-refractivity contribution is -0.137. The standard InChI is InChI=1S/C24H14ClF3N2/c25-19-10-8-17(9-11-19)20-12-13-30(22-7-2-1-6-21(22)24(26,27)28)23(20)18-5-3-4-16(14-18)15-29/h1-14H. The molecule has 4 rings (SSSR count). The quantitative estimate of drug-likeness (QED) is 0.339. The van der Waals surface area contributed by atoms with Gasteiger partial charge in [0.15, 0.2) is 0 Å². The Kier molecular flexibility index (Phi) is 5.11. The molecule has 1 aromatic heterocycles. The minimum Gasteiger partial charge on any atom is -0.315 e. The molecule has 0 saturated carbocycles. The highest BCUT2D eigenvalue weighted by Gasteiger charge is 2.34. The van der Waals surface area contributed by atoms with Crippen molar-refractivity contribution in [1.82, 2.24) is 4.57 Å². The fourth-order valence-electron chi connectivity index (χ4n) is 3.45. The third-order valence-electron chi connectivity index (χ3n) is 4.78. The number of para-hydroxylation sites is 1. The first-order chi connectivity index (χ1) is 14.4. The minimum atomic E-state index is -4.51. The first kappa shape index (κ1) is 19.8. The van der Waals surface area contributed by atoms with Crippen LogP contribution in [0.4, 0.5) is 13.2 Å². The van der Waals surface area contributed by atoms with Gasteiger partial charge in [0.05, 0.1) is 28.6 Å². The summed E-state index contributed by atoms with van der Waals surface area (Å²) in [6, 6.07) is 23.2. The molecular weight excluding hydrogens is 409 g/mol. The minimum absolute atomic E-state index is 0.0163. The van der Waals surface area contributed by atoms with Crippen LogP contribution in [0, 0.1) is 11.3 Å². The van der Waals surface area contributed by atoms with Crippen molar-refractivity contribution in [3.63, 3.8) is 0 Å². The topological polar surface area (TPSA) is 28.7 Å². The van der Waals surface area contributed by atoms with E-state index in [1.807, 2.05) is 12.1 Å². The summed E-state index contributed by atoms with van der Waals surface area (Å²) in [6.07, 6.45) is -2.89. The van der Waals surface area contributed by atoms with E-state index >= 15 is 0 Å². The van der Waals surface area contributed by atoms with Crippen LogP contribution < -0.4 is 0 Å². The third-order valence-corrected chi connectivity index (χ3v) is 5.03. The van der Waals surface area contributed by atoms with Gasteiger partial charge in [-0.1, -0.05) is 48.0 Å². The number of hydrogen-bond acceptors (Lipinski definition) is 1. The molecule has 0 aliphatic heterocycles. The Morgan fingerprint density at radius 3 is 2.27 bits per heavy atom. The Balaban J connectivity index is 2.02. The van der Waals surface area contributed by atoms with E-state index < -0.39 is 11.7 Å². The molecule has 0 bridgehead atoms. The molecule has 6 heteroatoms. The summed E-state index contributed by atoms with van der Waals surface area (Å²) < 4.78 is 42.6. The molecule has 0 aliphatic rings. The fraction of sp³-hybridized carbons (Fsp3) is 0.0417. The van der Waals surface area contributed by atoms with E-state index in [4.69, 9.17) is 11.6 Å². The molecule has 0 radical (unpaired) electrons. The molecule has 0 atom stereocenters. The number of halogens is 4. The molecule has 30 heavy (non-hydrogen) atoms. The Labute approximate surface area is 176 Å². The Morgan fingerprint density at radius 1 is 0.833 bits per heavy atom. The van der Waals surface area contributed by atoms with Gasteiger partial charge < -0.3 is 4.57 Å². The zero-order valence-corrected chi connectivity index (χ0v) is 16.2. The first-order valence-electron chi connectivity index (χ1n) is 9.03. The molecule has 148 valence electrons. The van der Waals surface area contributed by atoms with Crippen LogP contribution in [0.2, 0.25) is 5.02 Å². The number of alkyl halides is 3. The Morgan fingerprint density at radius 2 is 1.57 bits per heavy atom. The first-order valence-corrected chi connectivity index (χ1v) is 9.41. The third kappa shape index (κ3) is 3.70. The highest BCUT2D eigenvalue weighted by Crippen LogP contribution is 2.40. The van der Waals surface area contributed by atoms with Crippen LogP contribution in [0.5, 0.6) is 0 Å². The van der Waals surface area contributed by atoms with Gasteiger partial charge in [0.2, 0.25) is 0 Å². The van der Waals surface area contributed by atoms with Gasteiger partial charge in [-0.25, -0.2) is 0 Å². The maximum atomic E-state index is 13.7. The van der Waals surface area contributed by atoms with E-state index in [2.05, 4.69) is 6.07 Å². The normalized spacial score (nSPS) is 11.3. The second-order valence-electron chi connectivity index (χ2n) is 6.66. The summed E-state index contributed by atoms with van der Waals surface area (Å²) in [7, 11) is 0. The molecule has 0 saturated heterocycles. The van der Waals surface area contributed by atoms with E-state index in [-0.39, 0.29) is 5.69 Å². The molecule has 0 unspecified atom stereocenters. The van der Waals surface area contributed by atoms with Gasteiger partial charge in [-0.05, 0) is 48.0 Å². The van der Waals surface area contributed by atoms with Crippen LogP contribution in [-0.2, 0) is 6.18 Å². The van der Waals surface area contributed by atoms with Crippen molar-refractivity contribution in [2.75, 3.05) is 0 Å². The predicted octanol–water partition coefficient (Wildman–Crippen LogP) is 7.36. The highest BCUT2D eigenvalue weighted by molar-refractivity contribution is 6.30. The summed E-state index contributed by atoms with van der Waals surface area (Å²) in [5.74, 6) is 0. The second kappa shape index (κ2) is 7.74. The van der Waals surface area contributed by atoms with E-state index in [1.54, 1.807) is 54.7 Å². The van der Waals surface area contributed by atoms with Crippen molar-refractivity contribution >= 4 is 11.6 Å². The van der Waals surface area contributed by atoms with Crippen LogP contribution >= 0.6 is 11.6 Å². The van der Waals surface area contributed by atoms with Gasteiger partial charge in [-0.15, -0.1) is 0 Å². The van der Waals surface area contributed by atoms with Crippen molar-refractivity contribution in [2.24, 2.45) is 0 Å². The van der Waals surface area contributed by atoms with Crippen LogP contribution in [0.3, 0.4) is 0 Å². The van der Waals surface area contributed by atoms with Crippen molar-refractivity contribution < 1.29 is 13.2 Å². The lowest BCUT2D eigenvalue weighted by Gasteiger charge is -2.17. The van der Waals surface area contributed by atoms with Gasteiger partial charge in [-0.3, -0.25) is 0 Å². The summed E-state index contributed by atoms with van der Waals surface area (Å²) in [5, 5.41) is 9.86. The number of aromatic nitrogens is 1. The summed E-state index contributed by atoms with van der Waals surface area (Å²) in [4.78, 5) is 0. The molecule has 0 amide bonds. The molecular formula is C24H14ClF3N2. The van der Waals surface area contributed by atoms with E-state index in [0.29, 0.717) is 21.8 Å².